The van der Waals surface area contributed by atoms with Gasteiger partial charge in [0.2, 0.25) is 11.9 Å². The minimum Gasteiger partial charge on any atom is -0.456 e. The first-order valence-corrected chi connectivity index (χ1v) is 15.4. The van der Waals surface area contributed by atoms with E-state index >= 15 is 0 Å². The van der Waals surface area contributed by atoms with Crippen molar-refractivity contribution in [2.24, 2.45) is 28.1 Å². The first-order valence-electron chi connectivity index (χ1n) is 15.4. The molecule has 12 heteroatoms. The van der Waals surface area contributed by atoms with E-state index in [2.05, 4.69) is 0 Å². The van der Waals surface area contributed by atoms with Crippen LogP contribution in [0.1, 0.15) is 49.2 Å². The smallest absolute Gasteiger partial charge is 0.343 e. The summed E-state index contributed by atoms with van der Waals surface area (Å²) in [6.07, 6.45) is -9.36. The highest BCUT2D eigenvalue weighted by Crippen LogP contribution is 2.84. The van der Waals surface area contributed by atoms with Crippen molar-refractivity contribution >= 4 is 23.7 Å². The van der Waals surface area contributed by atoms with E-state index in [0.717, 1.165) is 0 Å². The molecule has 2 saturated carbocycles. The van der Waals surface area contributed by atoms with E-state index in [4.69, 9.17) is 23.7 Å². The van der Waals surface area contributed by atoms with Crippen LogP contribution in [0.15, 0.2) is 54.6 Å². The maximum atomic E-state index is 14.0. The van der Waals surface area contributed by atoms with Gasteiger partial charge in [0.15, 0.2) is 23.6 Å². The third kappa shape index (κ3) is 2.95. The Bertz CT molecular complexity index is 1680. The maximum Gasteiger partial charge on any atom is 0.343 e. The van der Waals surface area contributed by atoms with E-state index in [1.54, 1.807) is 48.5 Å². The van der Waals surface area contributed by atoms with E-state index in [-0.39, 0.29) is 12.4 Å². The van der Waals surface area contributed by atoms with Crippen LogP contribution in [0, 0.1) is 28.1 Å². The van der Waals surface area contributed by atoms with E-state index < -0.39 is 94.0 Å². The van der Waals surface area contributed by atoms with Gasteiger partial charge in [0.25, 0.3) is 0 Å². The molecule has 6 fully saturated rings. The van der Waals surface area contributed by atoms with Gasteiger partial charge in [-0.15, -0.1) is 0 Å². The maximum absolute atomic E-state index is 14.0. The van der Waals surface area contributed by atoms with E-state index in [0.29, 0.717) is 16.7 Å². The molecule has 4 aliphatic heterocycles. The largest absolute Gasteiger partial charge is 0.456 e. The van der Waals surface area contributed by atoms with Gasteiger partial charge >= 0.3 is 17.9 Å². The minimum atomic E-state index is -2.42. The molecule has 4 heterocycles. The fourth-order valence-corrected chi connectivity index (χ4v) is 10.1. The Morgan fingerprint density at radius 3 is 2.20 bits per heavy atom. The van der Waals surface area contributed by atoms with Crippen LogP contribution in [0.25, 0.3) is 0 Å². The first kappa shape index (κ1) is 29.7. The van der Waals surface area contributed by atoms with Crippen LogP contribution in [-0.4, -0.2) is 87.0 Å². The number of esters is 3. The minimum absolute atomic E-state index is 0.154. The molecule has 0 aromatic heterocycles. The van der Waals surface area contributed by atoms with Gasteiger partial charge in [-0.05, 0) is 17.9 Å². The highest BCUT2D eigenvalue weighted by molar-refractivity contribution is 6.09. The third-order valence-corrected chi connectivity index (χ3v) is 11.6. The summed E-state index contributed by atoms with van der Waals surface area (Å²) < 4.78 is 29.8. The fourth-order valence-electron chi connectivity index (χ4n) is 10.1. The summed E-state index contributed by atoms with van der Waals surface area (Å²) in [7, 11) is 0. The van der Waals surface area contributed by atoms with Crippen LogP contribution in [-0.2, 0) is 44.7 Å². The van der Waals surface area contributed by atoms with Crippen molar-refractivity contribution in [3.05, 3.63) is 71.3 Å². The lowest BCUT2D eigenvalue weighted by Crippen LogP contribution is -2.67. The first-order chi connectivity index (χ1) is 21.7. The summed E-state index contributed by atoms with van der Waals surface area (Å²) in [4.78, 5) is 53.4. The second-order valence-corrected chi connectivity index (χ2v) is 14.5. The van der Waals surface area contributed by atoms with Gasteiger partial charge in [0.05, 0.1) is 29.5 Å². The second-order valence-electron chi connectivity index (χ2n) is 14.5. The Hall–Kier alpha value is -3.68. The number of aliphatic hydroxyl groups is 3. The summed E-state index contributed by atoms with van der Waals surface area (Å²) in [6, 6.07) is 15.5. The summed E-state index contributed by atoms with van der Waals surface area (Å²) in [5.41, 5.74) is -7.83. The summed E-state index contributed by atoms with van der Waals surface area (Å²) in [5, 5.41) is 36.5. The van der Waals surface area contributed by atoms with Crippen LogP contribution < -0.4 is 0 Å². The number of aliphatic hydroxyl groups excluding tert-OH is 2. The van der Waals surface area contributed by atoms with Crippen LogP contribution in [0.5, 0.6) is 0 Å². The number of ketones is 1. The zero-order chi connectivity index (χ0) is 32.8. The van der Waals surface area contributed by atoms with Crippen molar-refractivity contribution < 1.29 is 58.2 Å². The van der Waals surface area contributed by atoms with Gasteiger partial charge < -0.3 is 39.0 Å². The quantitative estimate of drug-likeness (QED) is 0.243. The molecule has 2 aromatic rings. The number of carbonyl (C=O) groups is 4. The Morgan fingerprint density at radius 1 is 0.891 bits per heavy atom. The van der Waals surface area contributed by atoms with Gasteiger partial charge in [-0.3, -0.25) is 9.59 Å². The van der Waals surface area contributed by atoms with Gasteiger partial charge in [0, 0.05) is 17.0 Å². The Kier molecular flexibility index (Phi) is 5.82. The molecule has 8 rings (SSSR count). The van der Waals surface area contributed by atoms with Crippen molar-refractivity contribution in [2.45, 2.75) is 82.3 Å². The van der Waals surface area contributed by atoms with Crippen molar-refractivity contribution in [3.63, 3.8) is 0 Å². The van der Waals surface area contributed by atoms with Gasteiger partial charge in [-0.2, -0.15) is 0 Å². The normalized spacial score (nSPS) is 44.7. The molecule has 4 unspecified atom stereocenters. The number of hydrogen-bond acceptors (Lipinski definition) is 12. The Balaban J connectivity index is 1.23. The monoisotopic (exact) mass is 634 g/mol. The number of ether oxygens (including phenoxy) is 5. The van der Waals surface area contributed by atoms with Crippen LogP contribution in [0.4, 0.5) is 0 Å². The topological polar surface area (TPSA) is 175 Å². The molecule has 0 radical (unpaired) electrons. The lowest BCUT2D eigenvalue weighted by molar-refractivity contribution is -0.240. The SMILES string of the molecule is C[C@@H]1C(=O)O[C@H]2[C@H](O)[C@]34C5OC(=O)C3(OC3OC(=O)[C@H](OCc6ccc(C(=O)c7ccccc7)cc6)C34[C@H](C(C)(C)C)[C@H]5O)[C@@]12O. The number of carbonyl (C=O) groups excluding carboxylic acids is 4. The van der Waals surface area contributed by atoms with Crippen molar-refractivity contribution in [2.75, 3.05) is 0 Å². The van der Waals surface area contributed by atoms with Crippen molar-refractivity contribution in [1.29, 1.82) is 0 Å². The van der Waals surface area contributed by atoms with Crippen LogP contribution >= 0.6 is 0 Å². The van der Waals surface area contributed by atoms with Crippen molar-refractivity contribution in [3.8, 4) is 0 Å². The summed E-state index contributed by atoms with van der Waals surface area (Å²) >= 11 is 0. The number of benzene rings is 2. The molecule has 2 spiro atoms. The van der Waals surface area contributed by atoms with Crippen LogP contribution in [0.3, 0.4) is 0 Å². The van der Waals surface area contributed by atoms with Crippen LogP contribution in [0.2, 0.25) is 0 Å². The second kappa shape index (κ2) is 9.02. The lowest BCUT2D eigenvalue weighted by atomic mass is 9.51. The fraction of sp³-hybridized carbons (Fsp3) is 0.529. The average Bonchev–Trinajstić information content (AvgIpc) is 3.72. The van der Waals surface area contributed by atoms with E-state index in [1.807, 2.05) is 26.8 Å². The zero-order valence-electron chi connectivity index (χ0n) is 25.5. The molecule has 46 heavy (non-hydrogen) atoms. The molecular weight excluding hydrogens is 600 g/mol. The van der Waals surface area contributed by atoms with Crippen molar-refractivity contribution in [1.82, 2.24) is 0 Å². The van der Waals surface area contributed by atoms with E-state index in [9.17, 15) is 34.5 Å². The van der Waals surface area contributed by atoms with Gasteiger partial charge in [0.1, 0.15) is 12.2 Å². The Labute approximate surface area is 263 Å². The molecule has 0 amide bonds. The number of fused-ring (bicyclic) bond motifs is 1. The molecular formula is C34H34O12. The number of rotatable bonds is 5. The standard InChI is InChI=1S/C34H34O12/c1-15-26(38)43-24-22(37)32-23-20(36)21(30(2,3)4)31(32)25(27(39)45-29(31)46-34(32,28(40)44-23)33(15,24)41)42-14-16-10-12-18(13-11-16)19(35)17-8-6-5-7-9-17/h5-13,15,20-25,29,36-37,41H,14H2,1-4H3/t15-,20-,21+,22+,23?,24+,25+,29?,31?,32-,33-,34?/m1/s1. The Morgan fingerprint density at radius 2 is 1.54 bits per heavy atom. The lowest BCUT2D eigenvalue weighted by Gasteiger charge is -2.48. The van der Waals surface area contributed by atoms with E-state index in [1.165, 1.54) is 6.92 Å². The molecule has 6 aliphatic rings. The zero-order valence-corrected chi connectivity index (χ0v) is 25.5. The molecule has 3 N–H and O–H groups in total. The predicted octanol–water partition coefficient (Wildman–Crippen LogP) is 1.06. The number of hydrogen-bond donors (Lipinski definition) is 3. The molecule has 0 bridgehead atoms. The summed E-state index contributed by atoms with van der Waals surface area (Å²) in [5.74, 6) is -5.19. The highest BCUT2D eigenvalue weighted by atomic mass is 16.8. The third-order valence-electron chi connectivity index (χ3n) is 11.6. The molecule has 2 aromatic carbocycles. The molecule has 12 nitrogen and oxygen atoms in total. The summed E-state index contributed by atoms with van der Waals surface area (Å²) in [6.45, 7) is 6.70. The molecule has 242 valence electrons. The highest BCUT2D eigenvalue weighted by Gasteiger charge is 3.05. The van der Waals surface area contributed by atoms with Gasteiger partial charge in [-0.25, -0.2) is 9.59 Å². The van der Waals surface area contributed by atoms with Gasteiger partial charge in [-0.1, -0.05) is 75.4 Å². The molecule has 2 aliphatic carbocycles. The predicted molar refractivity (Wildman–Crippen MR) is 152 cm³/mol. The average molecular weight is 635 g/mol. The molecule has 4 saturated heterocycles. The molecule has 12 atom stereocenters.